The van der Waals surface area contributed by atoms with Crippen LogP contribution in [-0.2, 0) is 4.79 Å². The highest BCUT2D eigenvalue weighted by Crippen LogP contribution is 2.18. The van der Waals surface area contributed by atoms with Crippen molar-refractivity contribution in [3.8, 4) is 0 Å². The van der Waals surface area contributed by atoms with Crippen LogP contribution in [0.3, 0.4) is 0 Å². The van der Waals surface area contributed by atoms with E-state index in [0.717, 1.165) is 18.8 Å². The van der Waals surface area contributed by atoms with Crippen molar-refractivity contribution >= 4 is 17.7 Å². The molecule has 1 aliphatic rings. The normalized spacial score (nSPS) is 17.5. The van der Waals surface area contributed by atoms with E-state index in [1.54, 1.807) is 0 Å². The molecule has 0 aromatic carbocycles. The smallest absolute Gasteiger partial charge is 0.221 e. The predicted molar refractivity (Wildman–Crippen MR) is 66.2 cm³/mol. The lowest BCUT2D eigenvalue weighted by Crippen LogP contribution is -2.32. The van der Waals surface area contributed by atoms with Crippen molar-refractivity contribution < 1.29 is 4.79 Å². The number of carbonyl (C=O) groups excluding carboxylic acids is 1. The summed E-state index contributed by atoms with van der Waals surface area (Å²) < 4.78 is 0. The third-order valence-electron chi connectivity index (χ3n) is 2.46. The topological polar surface area (TPSA) is 41.1 Å². The molecule has 1 rings (SSSR count). The van der Waals surface area contributed by atoms with Crippen LogP contribution in [0.25, 0.3) is 0 Å². The maximum atomic E-state index is 11.4. The summed E-state index contributed by atoms with van der Waals surface area (Å²) in [6, 6.07) is 0.702. The number of nitrogens with one attached hydrogen (secondary N) is 2. The van der Waals surface area contributed by atoms with Gasteiger partial charge in [-0.15, -0.1) is 0 Å². The summed E-state index contributed by atoms with van der Waals surface area (Å²) in [6.45, 7) is 3.80. The van der Waals surface area contributed by atoms with Gasteiger partial charge in [-0.2, -0.15) is 11.8 Å². The third-order valence-corrected chi connectivity index (χ3v) is 3.36. The first-order valence-corrected chi connectivity index (χ1v) is 7.10. The molecule has 4 heteroatoms. The van der Waals surface area contributed by atoms with Gasteiger partial charge in [-0.3, -0.25) is 4.79 Å². The van der Waals surface area contributed by atoms with Crippen molar-refractivity contribution in [2.45, 2.75) is 32.2 Å². The fourth-order valence-corrected chi connectivity index (χ4v) is 2.08. The zero-order valence-electron chi connectivity index (χ0n) is 9.71. The molecule has 2 N–H and O–H groups in total. The molecule has 0 heterocycles. The number of thioether (sulfide) groups is 1. The van der Waals surface area contributed by atoms with Crippen LogP contribution in [-0.4, -0.2) is 37.0 Å². The Morgan fingerprint density at radius 2 is 2.27 bits per heavy atom. The van der Waals surface area contributed by atoms with Crippen molar-refractivity contribution in [2.24, 2.45) is 5.92 Å². The molecular formula is C11H22N2OS. The lowest BCUT2D eigenvalue weighted by Gasteiger charge is -2.11. The zero-order chi connectivity index (χ0) is 11.1. The van der Waals surface area contributed by atoms with E-state index in [1.807, 2.05) is 11.8 Å². The highest BCUT2D eigenvalue weighted by Gasteiger charge is 2.19. The molecule has 0 aromatic heterocycles. The van der Waals surface area contributed by atoms with Crippen molar-refractivity contribution in [2.75, 3.05) is 25.1 Å². The molecule has 3 nitrogen and oxygen atoms in total. The van der Waals surface area contributed by atoms with Gasteiger partial charge in [-0.25, -0.2) is 0 Å². The molecule has 1 unspecified atom stereocenters. The molecule has 1 fully saturated rings. The first kappa shape index (κ1) is 12.8. The van der Waals surface area contributed by atoms with E-state index in [-0.39, 0.29) is 5.91 Å². The molecule has 15 heavy (non-hydrogen) atoms. The van der Waals surface area contributed by atoms with Gasteiger partial charge >= 0.3 is 0 Å². The molecule has 0 radical (unpaired) electrons. The van der Waals surface area contributed by atoms with Crippen molar-refractivity contribution in [3.63, 3.8) is 0 Å². The second-order valence-corrected chi connectivity index (χ2v) is 5.25. The fourth-order valence-electron chi connectivity index (χ4n) is 1.40. The van der Waals surface area contributed by atoms with Crippen molar-refractivity contribution in [1.82, 2.24) is 10.6 Å². The van der Waals surface area contributed by atoms with Gasteiger partial charge in [0.2, 0.25) is 5.91 Å². The maximum absolute atomic E-state index is 11.4. The van der Waals surface area contributed by atoms with Crippen molar-refractivity contribution in [3.05, 3.63) is 0 Å². The van der Waals surface area contributed by atoms with Gasteiger partial charge in [0.25, 0.3) is 0 Å². The minimum absolute atomic E-state index is 0.177. The molecule has 0 saturated heterocycles. The van der Waals surface area contributed by atoms with E-state index in [4.69, 9.17) is 0 Å². The minimum Gasteiger partial charge on any atom is -0.356 e. The van der Waals surface area contributed by atoms with Gasteiger partial charge in [-0.1, -0.05) is 6.92 Å². The number of carbonyl (C=O) groups is 1. The van der Waals surface area contributed by atoms with E-state index in [9.17, 15) is 4.79 Å². The van der Waals surface area contributed by atoms with Crippen LogP contribution in [0.15, 0.2) is 0 Å². The average Bonchev–Trinajstić information content (AvgIpc) is 2.99. The first-order valence-electron chi connectivity index (χ1n) is 5.71. The van der Waals surface area contributed by atoms with Crippen LogP contribution in [0.5, 0.6) is 0 Å². The summed E-state index contributed by atoms with van der Waals surface area (Å²) in [6.07, 6.45) is 5.28. The Balaban J connectivity index is 1.92. The summed E-state index contributed by atoms with van der Waals surface area (Å²) in [5.41, 5.74) is 0. The summed E-state index contributed by atoms with van der Waals surface area (Å²) in [4.78, 5) is 11.4. The second kappa shape index (κ2) is 7.12. The molecule has 1 saturated carbocycles. The van der Waals surface area contributed by atoms with Crippen LogP contribution < -0.4 is 10.6 Å². The van der Waals surface area contributed by atoms with Gasteiger partial charge in [0.05, 0.1) is 0 Å². The second-order valence-electron chi connectivity index (χ2n) is 4.34. The Hall–Kier alpha value is -0.220. The Bertz CT molecular complexity index is 195. The maximum Gasteiger partial charge on any atom is 0.221 e. The van der Waals surface area contributed by atoms with E-state index in [0.29, 0.717) is 18.4 Å². The zero-order valence-corrected chi connectivity index (χ0v) is 10.5. The lowest BCUT2D eigenvalue weighted by atomic mass is 10.2. The standard InChI is InChI=1S/C11H22N2OS/c1-9(8-15-2)7-13-11(14)5-6-12-10-3-4-10/h9-10,12H,3-8H2,1-2H3,(H,13,14). The van der Waals surface area contributed by atoms with Crippen LogP contribution in [0.4, 0.5) is 0 Å². The monoisotopic (exact) mass is 230 g/mol. The molecule has 0 bridgehead atoms. The highest BCUT2D eigenvalue weighted by molar-refractivity contribution is 7.98. The number of amides is 1. The molecule has 0 aliphatic heterocycles. The summed E-state index contributed by atoms with van der Waals surface area (Å²) >= 11 is 1.83. The Labute approximate surface area is 96.8 Å². The van der Waals surface area contributed by atoms with Crippen molar-refractivity contribution in [1.29, 1.82) is 0 Å². The SMILES string of the molecule is CSCC(C)CNC(=O)CCNC1CC1. The number of rotatable bonds is 8. The minimum atomic E-state index is 0.177. The van der Waals surface area contributed by atoms with Crippen LogP contribution >= 0.6 is 11.8 Å². The van der Waals surface area contributed by atoms with E-state index in [2.05, 4.69) is 23.8 Å². The summed E-state index contributed by atoms with van der Waals surface area (Å²) in [5.74, 6) is 1.86. The van der Waals surface area contributed by atoms with Crippen LogP contribution in [0, 0.1) is 5.92 Å². The summed E-state index contributed by atoms with van der Waals surface area (Å²) in [7, 11) is 0. The molecular weight excluding hydrogens is 208 g/mol. The predicted octanol–water partition coefficient (Wildman–Crippen LogP) is 1.24. The van der Waals surface area contributed by atoms with Gasteiger partial charge in [0, 0.05) is 25.6 Å². The Kier molecular flexibility index (Phi) is 6.10. The summed E-state index contributed by atoms with van der Waals surface area (Å²) in [5, 5.41) is 6.30. The molecule has 0 spiro atoms. The van der Waals surface area contributed by atoms with E-state index >= 15 is 0 Å². The van der Waals surface area contributed by atoms with Crippen LogP contribution in [0.1, 0.15) is 26.2 Å². The molecule has 0 aromatic rings. The first-order chi connectivity index (χ1) is 7.22. The molecule has 1 aliphatic carbocycles. The van der Waals surface area contributed by atoms with Gasteiger partial charge in [0.15, 0.2) is 0 Å². The third kappa shape index (κ3) is 6.79. The van der Waals surface area contributed by atoms with Gasteiger partial charge < -0.3 is 10.6 Å². The average molecular weight is 230 g/mol. The highest BCUT2D eigenvalue weighted by atomic mass is 32.2. The number of hydrogen-bond donors (Lipinski definition) is 2. The molecule has 1 atom stereocenters. The molecule has 1 amide bonds. The van der Waals surface area contributed by atoms with Gasteiger partial charge in [-0.05, 0) is 30.8 Å². The Morgan fingerprint density at radius 1 is 1.53 bits per heavy atom. The largest absolute Gasteiger partial charge is 0.356 e. The van der Waals surface area contributed by atoms with E-state index < -0.39 is 0 Å². The quantitative estimate of drug-likeness (QED) is 0.659. The Morgan fingerprint density at radius 3 is 2.87 bits per heavy atom. The van der Waals surface area contributed by atoms with E-state index in [1.165, 1.54) is 12.8 Å². The lowest BCUT2D eigenvalue weighted by molar-refractivity contribution is -0.121. The van der Waals surface area contributed by atoms with Crippen LogP contribution in [0.2, 0.25) is 0 Å². The van der Waals surface area contributed by atoms with Gasteiger partial charge in [0.1, 0.15) is 0 Å². The molecule has 88 valence electrons. The number of hydrogen-bond acceptors (Lipinski definition) is 3. The fraction of sp³-hybridized carbons (Fsp3) is 0.909.